The van der Waals surface area contributed by atoms with E-state index in [9.17, 15) is 9.59 Å². The van der Waals surface area contributed by atoms with Crippen LogP contribution >= 0.6 is 22.9 Å². The molecule has 2 aliphatic rings. The van der Waals surface area contributed by atoms with Gasteiger partial charge in [-0.1, -0.05) is 41.9 Å². The first-order chi connectivity index (χ1) is 14.6. The SMILES string of the molecule is O=C1N=C(CN(Cc2ccc(Cl)s2)C(=O)CCc2ccccc2)N=C2CCOCC12. The maximum absolute atomic E-state index is 13.1. The third-order valence-corrected chi connectivity index (χ3v) is 6.35. The molecule has 0 radical (unpaired) electrons. The molecule has 0 bridgehead atoms. The molecule has 1 atom stereocenters. The van der Waals surface area contributed by atoms with Gasteiger partial charge in [-0.05, 0) is 24.1 Å². The molecule has 1 aromatic heterocycles. The van der Waals surface area contributed by atoms with Gasteiger partial charge < -0.3 is 9.64 Å². The number of amidine groups is 1. The van der Waals surface area contributed by atoms with Crippen molar-refractivity contribution in [3.63, 3.8) is 0 Å². The van der Waals surface area contributed by atoms with E-state index in [0.717, 1.165) is 16.2 Å². The number of ether oxygens (including phenoxy) is 1. The molecular weight excluding hydrogens is 422 g/mol. The third-order valence-electron chi connectivity index (χ3n) is 5.13. The highest BCUT2D eigenvalue weighted by Gasteiger charge is 2.32. The molecule has 1 aromatic carbocycles. The first-order valence-corrected chi connectivity index (χ1v) is 11.1. The van der Waals surface area contributed by atoms with Crippen molar-refractivity contribution >= 4 is 46.3 Å². The fraction of sp³-hybridized carbons (Fsp3) is 0.364. The van der Waals surface area contributed by atoms with Crippen LogP contribution in [0.2, 0.25) is 4.34 Å². The van der Waals surface area contributed by atoms with Crippen molar-refractivity contribution in [2.75, 3.05) is 19.8 Å². The highest BCUT2D eigenvalue weighted by Crippen LogP contribution is 2.24. The largest absolute Gasteiger partial charge is 0.380 e. The van der Waals surface area contributed by atoms with Crippen LogP contribution in [0.4, 0.5) is 0 Å². The van der Waals surface area contributed by atoms with Crippen molar-refractivity contribution in [3.8, 4) is 0 Å². The molecule has 4 rings (SSSR count). The highest BCUT2D eigenvalue weighted by atomic mass is 35.5. The number of carbonyl (C=O) groups is 2. The predicted molar refractivity (Wildman–Crippen MR) is 118 cm³/mol. The molecule has 2 aromatic rings. The van der Waals surface area contributed by atoms with Crippen LogP contribution < -0.4 is 0 Å². The topological polar surface area (TPSA) is 71.3 Å². The van der Waals surface area contributed by atoms with Crippen molar-refractivity contribution in [1.82, 2.24) is 4.90 Å². The summed E-state index contributed by atoms with van der Waals surface area (Å²) in [4.78, 5) is 36.9. The number of aliphatic imine (C=N–C) groups is 2. The number of carbonyl (C=O) groups excluding carboxylic acids is 2. The van der Waals surface area contributed by atoms with E-state index >= 15 is 0 Å². The van der Waals surface area contributed by atoms with Crippen molar-refractivity contribution in [1.29, 1.82) is 0 Å². The summed E-state index contributed by atoms with van der Waals surface area (Å²) in [6.07, 6.45) is 1.65. The van der Waals surface area contributed by atoms with Gasteiger partial charge in [-0.2, -0.15) is 4.99 Å². The summed E-state index contributed by atoms with van der Waals surface area (Å²) < 4.78 is 6.05. The van der Waals surface area contributed by atoms with Gasteiger partial charge in [-0.15, -0.1) is 11.3 Å². The molecule has 8 heteroatoms. The average Bonchev–Trinajstić information content (AvgIpc) is 3.17. The van der Waals surface area contributed by atoms with E-state index in [1.807, 2.05) is 42.5 Å². The zero-order valence-corrected chi connectivity index (χ0v) is 18.0. The van der Waals surface area contributed by atoms with E-state index in [2.05, 4.69) is 9.98 Å². The normalized spacial score (nSPS) is 18.4. The molecule has 0 aliphatic carbocycles. The Morgan fingerprint density at radius 3 is 2.77 bits per heavy atom. The lowest BCUT2D eigenvalue weighted by Gasteiger charge is -2.27. The van der Waals surface area contributed by atoms with Gasteiger partial charge in [-0.25, -0.2) is 4.99 Å². The zero-order valence-electron chi connectivity index (χ0n) is 16.4. The molecule has 0 spiro atoms. The first-order valence-electron chi connectivity index (χ1n) is 9.91. The van der Waals surface area contributed by atoms with Gasteiger partial charge in [0.2, 0.25) is 5.91 Å². The maximum Gasteiger partial charge on any atom is 0.258 e. The number of hydrogen-bond donors (Lipinski definition) is 0. The summed E-state index contributed by atoms with van der Waals surface area (Å²) in [7, 11) is 0. The summed E-state index contributed by atoms with van der Waals surface area (Å²) in [5.74, 6) is -0.219. The minimum absolute atomic E-state index is 0.00664. The summed E-state index contributed by atoms with van der Waals surface area (Å²) in [6, 6.07) is 13.7. The van der Waals surface area contributed by atoms with Crippen molar-refractivity contribution < 1.29 is 14.3 Å². The Balaban J connectivity index is 1.49. The molecule has 6 nitrogen and oxygen atoms in total. The number of nitrogens with zero attached hydrogens (tertiary/aromatic N) is 3. The van der Waals surface area contributed by atoms with Gasteiger partial charge in [0.1, 0.15) is 5.92 Å². The molecule has 2 amide bonds. The van der Waals surface area contributed by atoms with Gasteiger partial charge in [-0.3, -0.25) is 9.59 Å². The van der Waals surface area contributed by atoms with Gasteiger partial charge >= 0.3 is 0 Å². The number of thiophene rings is 1. The molecular formula is C22H22ClN3O3S. The Bertz CT molecular complexity index is 987. The second-order valence-electron chi connectivity index (χ2n) is 7.29. The zero-order chi connectivity index (χ0) is 20.9. The van der Waals surface area contributed by atoms with Crippen LogP contribution in [0.3, 0.4) is 0 Å². The van der Waals surface area contributed by atoms with Crippen LogP contribution in [0, 0.1) is 5.92 Å². The number of hydrogen-bond acceptors (Lipinski definition) is 5. The molecule has 1 fully saturated rings. The van der Waals surface area contributed by atoms with Gasteiger partial charge in [0, 0.05) is 23.4 Å². The Hall–Kier alpha value is -2.35. The van der Waals surface area contributed by atoms with E-state index in [-0.39, 0.29) is 24.3 Å². The highest BCUT2D eigenvalue weighted by molar-refractivity contribution is 7.16. The molecule has 0 N–H and O–H groups in total. The van der Waals surface area contributed by atoms with Crippen LogP contribution in [0.1, 0.15) is 23.3 Å². The summed E-state index contributed by atoms with van der Waals surface area (Å²) in [6.45, 7) is 1.51. The number of rotatable bonds is 7. The Morgan fingerprint density at radius 2 is 2.00 bits per heavy atom. The lowest BCUT2D eigenvalue weighted by molar-refractivity contribution is -0.131. The predicted octanol–water partition coefficient (Wildman–Crippen LogP) is 3.78. The monoisotopic (exact) mass is 443 g/mol. The number of benzene rings is 1. The van der Waals surface area contributed by atoms with E-state index in [1.54, 1.807) is 4.90 Å². The summed E-state index contributed by atoms with van der Waals surface area (Å²) >= 11 is 7.51. The maximum atomic E-state index is 13.1. The fourth-order valence-electron chi connectivity index (χ4n) is 3.54. The molecule has 2 aliphatic heterocycles. The second-order valence-corrected chi connectivity index (χ2v) is 9.09. The van der Waals surface area contributed by atoms with Crippen molar-refractivity contribution in [2.24, 2.45) is 15.9 Å². The quantitative estimate of drug-likeness (QED) is 0.653. The lowest BCUT2D eigenvalue weighted by Crippen LogP contribution is -2.40. The van der Waals surface area contributed by atoms with Crippen LogP contribution in [-0.4, -0.2) is 48.0 Å². The minimum atomic E-state index is -0.374. The molecule has 1 unspecified atom stereocenters. The van der Waals surface area contributed by atoms with Crippen LogP contribution in [-0.2, 0) is 27.3 Å². The summed E-state index contributed by atoms with van der Waals surface area (Å²) in [5, 5.41) is 0. The Kier molecular flexibility index (Phi) is 6.72. The van der Waals surface area contributed by atoms with Crippen molar-refractivity contribution in [2.45, 2.75) is 25.8 Å². The Labute approximate surface area is 184 Å². The molecule has 3 heterocycles. The lowest BCUT2D eigenvalue weighted by atomic mass is 9.97. The second kappa shape index (κ2) is 9.64. The molecule has 0 saturated carbocycles. The third kappa shape index (κ3) is 5.22. The minimum Gasteiger partial charge on any atom is -0.380 e. The van der Waals surface area contributed by atoms with E-state index in [4.69, 9.17) is 16.3 Å². The van der Waals surface area contributed by atoms with Crippen LogP contribution in [0.25, 0.3) is 0 Å². The molecule has 1 saturated heterocycles. The van der Waals surface area contributed by atoms with E-state index in [1.165, 1.54) is 11.3 Å². The van der Waals surface area contributed by atoms with Crippen molar-refractivity contribution in [3.05, 3.63) is 57.2 Å². The van der Waals surface area contributed by atoms with Crippen LogP contribution in [0.15, 0.2) is 52.4 Å². The standard InChI is InChI=1S/C22H22ClN3O3S/c23-19-8-7-16(30-19)12-26(21(27)9-6-15-4-2-1-3-5-15)13-20-24-18-10-11-29-14-17(18)22(28)25-20/h1-5,7-8,17H,6,9-14H2. The average molecular weight is 444 g/mol. The number of amides is 2. The van der Waals surface area contributed by atoms with E-state index < -0.39 is 0 Å². The van der Waals surface area contributed by atoms with Gasteiger partial charge in [0.25, 0.3) is 5.91 Å². The van der Waals surface area contributed by atoms with Gasteiger partial charge in [0.05, 0.1) is 30.6 Å². The Morgan fingerprint density at radius 1 is 1.17 bits per heavy atom. The molecule has 156 valence electrons. The summed E-state index contributed by atoms with van der Waals surface area (Å²) in [5.41, 5.74) is 1.92. The first kappa shape index (κ1) is 20.9. The number of halogens is 1. The number of fused-ring (bicyclic) bond motifs is 1. The van der Waals surface area contributed by atoms with Gasteiger partial charge in [0.15, 0.2) is 5.84 Å². The fourth-order valence-corrected chi connectivity index (χ4v) is 4.65. The number of aryl methyl sites for hydroxylation is 1. The smallest absolute Gasteiger partial charge is 0.258 e. The molecule has 30 heavy (non-hydrogen) atoms. The van der Waals surface area contributed by atoms with Crippen LogP contribution in [0.5, 0.6) is 0 Å². The van der Waals surface area contributed by atoms with E-state index in [0.29, 0.717) is 49.2 Å².